The van der Waals surface area contributed by atoms with Gasteiger partial charge in [-0.2, -0.15) is 0 Å². The molecule has 4 rings (SSSR count). The van der Waals surface area contributed by atoms with Crippen LogP contribution in [0.4, 0.5) is 0 Å². The molecule has 1 aromatic rings. The van der Waals surface area contributed by atoms with Crippen LogP contribution in [-0.4, -0.2) is 65.6 Å². The highest BCUT2D eigenvalue weighted by Gasteiger charge is 2.45. The van der Waals surface area contributed by atoms with E-state index in [4.69, 9.17) is 14.6 Å². The molecule has 194 valence electrons. The summed E-state index contributed by atoms with van der Waals surface area (Å²) in [5, 5.41) is 19.8. The van der Waals surface area contributed by atoms with Crippen molar-refractivity contribution in [1.29, 1.82) is 0 Å². The summed E-state index contributed by atoms with van der Waals surface area (Å²) < 4.78 is 12.0. The zero-order chi connectivity index (χ0) is 24.5. The van der Waals surface area contributed by atoms with Crippen LogP contribution in [0.3, 0.4) is 0 Å². The molecule has 0 radical (unpaired) electrons. The highest BCUT2D eigenvalue weighted by molar-refractivity contribution is 5.66. The van der Waals surface area contributed by atoms with E-state index in [0.29, 0.717) is 38.6 Å². The minimum Gasteiger partial charge on any atom is -0.481 e. The zero-order valence-corrected chi connectivity index (χ0v) is 21.0. The van der Waals surface area contributed by atoms with Crippen molar-refractivity contribution >= 4 is 5.97 Å². The topological polar surface area (TPSA) is 79.2 Å². The van der Waals surface area contributed by atoms with Crippen molar-refractivity contribution in [2.75, 3.05) is 26.3 Å². The summed E-state index contributed by atoms with van der Waals surface area (Å²) in [6, 6.07) is 9.07. The molecule has 4 unspecified atom stereocenters. The Morgan fingerprint density at radius 1 is 1.09 bits per heavy atom. The second kappa shape index (κ2) is 13.5. The number of allylic oxidation sites excluding steroid dienone is 2. The second-order valence-corrected chi connectivity index (χ2v) is 10.5. The second-order valence-electron chi connectivity index (χ2n) is 10.5. The number of aliphatic carboxylic acids is 1. The molecule has 6 nitrogen and oxygen atoms in total. The van der Waals surface area contributed by atoms with Gasteiger partial charge in [0, 0.05) is 37.9 Å². The monoisotopic (exact) mass is 485 g/mol. The van der Waals surface area contributed by atoms with Crippen molar-refractivity contribution in [3.05, 3.63) is 47.5 Å². The number of morpholine rings is 1. The number of carboxylic acids is 1. The quantitative estimate of drug-likeness (QED) is 0.343. The summed E-state index contributed by atoms with van der Waals surface area (Å²) in [5.41, 5.74) is 2.65. The van der Waals surface area contributed by atoms with Crippen LogP contribution >= 0.6 is 0 Å². The molecule has 0 spiro atoms. The maximum atomic E-state index is 11.0. The van der Waals surface area contributed by atoms with Gasteiger partial charge in [-0.25, -0.2) is 0 Å². The molecule has 2 saturated carbocycles. The third-order valence-corrected chi connectivity index (χ3v) is 8.11. The maximum absolute atomic E-state index is 11.0. The smallest absolute Gasteiger partial charge is 0.303 e. The Morgan fingerprint density at radius 3 is 2.54 bits per heavy atom. The van der Waals surface area contributed by atoms with Crippen LogP contribution in [0.15, 0.2) is 36.4 Å². The Bertz CT molecular complexity index is 798. The van der Waals surface area contributed by atoms with Gasteiger partial charge in [0.15, 0.2) is 0 Å². The van der Waals surface area contributed by atoms with Gasteiger partial charge in [-0.3, -0.25) is 9.69 Å². The first-order valence-electron chi connectivity index (χ1n) is 13.7. The van der Waals surface area contributed by atoms with E-state index in [9.17, 15) is 9.90 Å². The van der Waals surface area contributed by atoms with Gasteiger partial charge in [0.05, 0.1) is 32.0 Å². The molecule has 3 aliphatic rings. The van der Waals surface area contributed by atoms with E-state index in [1.807, 2.05) is 0 Å². The minimum atomic E-state index is -0.745. The van der Waals surface area contributed by atoms with Gasteiger partial charge in [0.1, 0.15) is 0 Å². The average molecular weight is 486 g/mol. The van der Waals surface area contributed by atoms with Crippen LogP contribution in [0.5, 0.6) is 0 Å². The number of nitrogens with zero attached hydrogens (tertiary/aromatic N) is 1. The van der Waals surface area contributed by atoms with Gasteiger partial charge in [0.2, 0.25) is 0 Å². The van der Waals surface area contributed by atoms with Crippen LogP contribution in [0.1, 0.15) is 81.3 Å². The molecule has 2 N–H and O–H groups in total. The fourth-order valence-electron chi connectivity index (χ4n) is 6.20. The fourth-order valence-corrected chi connectivity index (χ4v) is 6.20. The zero-order valence-electron chi connectivity index (χ0n) is 21.0. The largest absolute Gasteiger partial charge is 0.481 e. The number of rotatable bonds is 11. The van der Waals surface area contributed by atoms with Crippen molar-refractivity contribution in [2.24, 2.45) is 5.92 Å². The first kappa shape index (κ1) is 26.3. The number of ether oxygens (including phenoxy) is 2. The van der Waals surface area contributed by atoms with E-state index in [1.54, 1.807) is 0 Å². The summed E-state index contributed by atoms with van der Waals surface area (Å²) in [5.74, 6) is 0.176. The van der Waals surface area contributed by atoms with Crippen molar-refractivity contribution in [1.82, 2.24) is 4.90 Å². The van der Waals surface area contributed by atoms with Gasteiger partial charge in [-0.15, -0.1) is 0 Å². The van der Waals surface area contributed by atoms with Crippen molar-refractivity contribution in [3.8, 4) is 0 Å². The van der Waals surface area contributed by atoms with E-state index < -0.39 is 12.1 Å². The summed E-state index contributed by atoms with van der Waals surface area (Å²) in [7, 11) is 0. The lowest BCUT2D eigenvalue weighted by Crippen LogP contribution is -2.50. The van der Waals surface area contributed by atoms with E-state index in [1.165, 1.54) is 43.2 Å². The Labute approximate surface area is 210 Å². The number of unbranched alkanes of at least 4 members (excludes halogenated alkanes) is 1. The number of aliphatic hydroxyl groups is 1. The van der Waals surface area contributed by atoms with Gasteiger partial charge < -0.3 is 19.7 Å². The lowest BCUT2D eigenvalue weighted by molar-refractivity contribution is -0.137. The number of aliphatic hydroxyl groups excluding tert-OH is 1. The third-order valence-electron chi connectivity index (χ3n) is 8.11. The molecule has 4 atom stereocenters. The molecule has 0 aromatic heterocycles. The van der Waals surface area contributed by atoms with Crippen LogP contribution < -0.4 is 0 Å². The number of hydrogen-bond donors (Lipinski definition) is 2. The summed E-state index contributed by atoms with van der Waals surface area (Å²) >= 11 is 0. The third kappa shape index (κ3) is 7.63. The first-order valence-corrected chi connectivity index (χ1v) is 13.7. The molecule has 1 heterocycles. The standard InChI is InChI=1S/C29H43NO5/c31-26-20-27(35-21-22-12-14-24(15-13-22)23-8-4-3-5-9-23)25(10-6-1-2-7-11-28(32)33)29(26)30-16-18-34-19-17-30/h1,6,12-15,23,25-27,29,31H,2-5,7-11,16-21H2,(H,32,33). The molecular weight excluding hydrogens is 442 g/mol. The molecule has 1 saturated heterocycles. The maximum Gasteiger partial charge on any atom is 0.303 e. The molecule has 6 heteroatoms. The van der Waals surface area contributed by atoms with E-state index in [2.05, 4.69) is 41.3 Å². The average Bonchev–Trinajstić information content (AvgIpc) is 3.20. The Balaban J connectivity index is 1.35. The van der Waals surface area contributed by atoms with Crippen molar-refractivity contribution in [2.45, 2.75) is 95.0 Å². The SMILES string of the molecule is O=C(O)CCCC=CCC1C(OCc2ccc(C3CCCCC3)cc2)CC(O)C1N1CCOCC1. The number of carboxylic acid groups (broad SMARTS) is 1. The Kier molecular flexibility index (Phi) is 10.2. The molecule has 3 fully saturated rings. The van der Waals surface area contributed by atoms with E-state index in [-0.39, 0.29) is 24.5 Å². The normalized spacial score (nSPS) is 28.6. The van der Waals surface area contributed by atoms with Gasteiger partial charge >= 0.3 is 5.97 Å². The fraction of sp³-hybridized carbons (Fsp3) is 0.690. The lowest BCUT2D eigenvalue weighted by atomic mass is 9.84. The predicted molar refractivity (Wildman–Crippen MR) is 136 cm³/mol. The summed E-state index contributed by atoms with van der Waals surface area (Å²) in [4.78, 5) is 13.1. The Hall–Kier alpha value is -1.73. The predicted octanol–water partition coefficient (Wildman–Crippen LogP) is 4.90. The minimum absolute atomic E-state index is 0.000430. The van der Waals surface area contributed by atoms with Gasteiger partial charge in [-0.05, 0) is 49.1 Å². The molecule has 1 aliphatic heterocycles. The van der Waals surface area contributed by atoms with Crippen LogP contribution in [0, 0.1) is 5.92 Å². The Morgan fingerprint density at radius 2 is 1.83 bits per heavy atom. The molecule has 35 heavy (non-hydrogen) atoms. The van der Waals surface area contributed by atoms with Crippen LogP contribution in [-0.2, 0) is 20.9 Å². The summed E-state index contributed by atoms with van der Waals surface area (Å²) in [6.07, 6.45) is 13.6. The van der Waals surface area contributed by atoms with Crippen molar-refractivity contribution in [3.63, 3.8) is 0 Å². The number of benzene rings is 1. The van der Waals surface area contributed by atoms with Gasteiger partial charge in [0.25, 0.3) is 0 Å². The lowest BCUT2D eigenvalue weighted by Gasteiger charge is -2.37. The highest BCUT2D eigenvalue weighted by atomic mass is 16.5. The number of hydrogen-bond acceptors (Lipinski definition) is 5. The van der Waals surface area contributed by atoms with Crippen LogP contribution in [0.2, 0.25) is 0 Å². The van der Waals surface area contributed by atoms with Gasteiger partial charge in [-0.1, -0.05) is 55.7 Å². The molecule has 0 amide bonds. The molecule has 2 aliphatic carbocycles. The van der Waals surface area contributed by atoms with Crippen molar-refractivity contribution < 1.29 is 24.5 Å². The van der Waals surface area contributed by atoms with E-state index in [0.717, 1.165) is 25.9 Å². The highest BCUT2D eigenvalue weighted by Crippen LogP contribution is 2.37. The molecule has 1 aromatic carbocycles. The first-order chi connectivity index (χ1) is 17.1. The van der Waals surface area contributed by atoms with E-state index >= 15 is 0 Å². The number of carbonyl (C=O) groups is 1. The van der Waals surface area contributed by atoms with Crippen LogP contribution in [0.25, 0.3) is 0 Å². The summed E-state index contributed by atoms with van der Waals surface area (Å²) in [6.45, 7) is 3.67. The molecule has 0 bridgehead atoms. The molecular formula is C29H43NO5.